The van der Waals surface area contributed by atoms with Crippen molar-refractivity contribution in [1.29, 1.82) is 0 Å². The molecule has 0 fully saturated rings. The van der Waals surface area contributed by atoms with Gasteiger partial charge in [0.15, 0.2) is 0 Å². The maximum Gasteiger partial charge on any atom is 0.265 e. The van der Waals surface area contributed by atoms with Crippen LogP contribution < -0.4 is 19.5 Å². The van der Waals surface area contributed by atoms with Gasteiger partial charge in [-0.25, -0.2) is 8.42 Å². The third-order valence-corrected chi connectivity index (χ3v) is 5.70. The van der Waals surface area contributed by atoms with Crippen LogP contribution >= 0.6 is 0 Å². The number of nitrogens with zero attached hydrogens (tertiary/aromatic N) is 1. The third kappa shape index (κ3) is 5.52. The molecule has 8 nitrogen and oxygen atoms in total. The molecule has 0 unspecified atom stereocenters. The van der Waals surface area contributed by atoms with Crippen LogP contribution in [0.25, 0.3) is 0 Å². The van der Waals surface area contributed by atoms with E-state index in [1.807, 2.05) is 13.8 Å². The first kappa shape index (κ1) is 22.1. The summed E-state index contributed by atoms with van der Waals surface area (Å²) in [4.78, 5) is 16.4. The maximum absolute atomic E-state index is 13.0. The molecule has 0 aliphatic heterocycles. The Labute approximate surface area is 181 Å². The molecule has 0 aliphatic rings. The van der Waals surface area contributed by atoms with E-state index in [2.05, 4.69) is 15.0 Å². The lowest BCUT2D eigenvalue weighted by molar-refractivity contribution is 0.102. The second-order valence-electron chi connectivity index (χ2n) is 6.57. The number of pyridine rings is 1. The van der Waals surface area contributed by atoms with Gasteiger partial charge < -0.3 is 14.8 Å². The molecule has 1 heterocycles. The van der Waals surface area contributed by atoms with Crippen molar-refractivity contribution in [3.05, 3.63) is 72.1 Å². The number of methoxy groups -OCH3 is 1. The first-order chi connectivity index (χ1) is 14.8. The fourth-order valence-electron chi connectivity index (χ4n) is 2.77. The summed E-state index contributed by atoms with van der Waals surface area (Å²) in [6.07, 6.45) is 1.46. The molecule has 2 N–H and O–H groups in total. The molecule has 2 aromatic carbocycles. The molecule has 0 saturated heterocycles. The number of nitrogens with one attached hydrogen (secondary N) is 2. The second kappa shape index (κ2) is 9.48. The van der Waals surface area contributed by atoms with Crippen LogP contribution in [-0.2, 0) is 10.0 Å². The zero-order valence-electron chi connectivity index (χ0n) is 17.4. The van der Waals surface area contributed by atoms with Crippen molar-refractivity contribution >= 4 is 27.3 Å². The van der Waals surface area contributed by atoms with E-state index in [1.54, 1.807) is 42.5 Å². The van der Waals surface area contributed by atoms with Gasteiger partial charge in [0, 0.05) is 23.3 Å². The highest BCUT2D eigenvalue weighted by Gasteiger charge is 2.21. The summed E-state index contributed by atoms with van der Waals surface area (Å²) in [6.45, 7) is 4.20. The molecule has 0 radical (unpaired) electrons. The first-order valence-electron chi connectivity index (χ1n) is 9.50. The summed E-state index contributed by atoms with van der Waals surface area (Å²) in [6, 6.07) is 14.3. The van der Waals surface area contributed by atoms with E-state index in [1.165, 1.54) is 25.4 Å². The highest BCUT2D eigenvalue weighted by Crippen LogP contribution is 2.29. The topological polar surface area (TPSA) is 107 Å². The van der Waals surface area contributed by atoms with Crippen LogP contribution in [0.3, 0.4) is 0 Å². The quantitative estimate of drug-likeness (QED) is 0.550. The highest BCUT2D eigenvalue weighted by atomic mass is 32.2. The minimum absolute atomic E-state index is 0.108. The maximum atomic E-state index is 13.0. The smallest absolute Gasteiger partial charge is 0.265 e. The Morgan fingerprint density at radius 2 is 1.74 bits per heavy atom. The van der Waals surface area contributed by atoms with Gasteiger partial charge in [0.2, 0.25) is 0 Å². The van der Waals surface area contributed by atoms with Gasteiger partial charge in [0.1, 0.15) is 16.4 Å². The van der Waals surface area contributed by atoms with Gasteiger partial charge in [-0.2, -0.15) is 0 Å². The van der Waals surface area contributed by atoms with Crippen LogP contribution in [0.15, 0.2) is 65.7 Å². The van der Waals surface area contributed by atoms with Crippen molar-refractivity contribution in [2.24, 2.45) is 0 Å². The molecule has 1 amide bonds. The summed E-state index contributed by atoms with van der Waals surface area (Å²) in [5.41, 5.74) is 1.82. The van der Waals surface area contributed by atoms with E-state index in [-0.39, 0.29) is 10.6 Å². The summed E-state index contributed by atoms with van der Waals surface area (Å²) in [5, 5.41) is 2.68. The minimum atomic E-state index is -3.99. The average molecular weight is 442 g/mol. The lowest BCUT2D eigenvalue weighted by Crippen LogP contribution is -2.16. The fraction of sp³-hybridized carbons (Fsp3) is 0.182. The Bertz CT molecular complexity index is 1160. The van der Waals surface area contributed by atoms with Crippen LogP contribution in [0.4, 0.5) is 11.4 Å². The Morgan fingerprint density at radius 1 is 1.03 bits per heavy atom. The van der Waals surface area contributed by atoms with Crippen molar-refractivity contribution in [2.75, 3.05) is 23.8 Å². The van der Waals surface area contributed by atoms with Crippen LogP contribution in [0.1, 0.15) is 23.0 Å². The molecular formula is C22H23N3O5S. The van der Waals surface area contributed by atoms with Gasteiger partial charge in [-0.1, -0.05) is 0 Å². The molecule has 1 aromatic heterocycles. The largest absolute Gasteiger partial charge is 0.495 e. The van der Waals surface area contributed by atoms with Gasteiger partial charge in [-0.3, -0.25) is 14.5 Å². The molecule has 0 atom stereocenters. The number of benzene rings is 2. The molecule has 9 heteroatoms. The van der Waals surface area contributed by atoms with Gasteiger partial charge >= 0.3 is 0 Å². The molecule has 0 saturated carbocycles. The number of amides is 1. The molecule has 0 aliphatic carbocycles. The van der Waals surface area contributed by atoms with E-state index in [9.17, 15) is 13.2 Å². The monoisotopic (exact) mass is 441 g/mol. The van der Waals surface area contributed by atoms with Crippen molar-refractivity contribution in [2.45, 2.75) is 18.7 Å². The van der Waals surface area contributed by atoms with Crippen LogP contribution in [0.5, 0.6) is 11.5 Å². The summed E-state index contributed by atoms with van der Waals surface area (Å²) in [5.74, 6) is 0.382. The van der Waals surface area contributed by atoms with Gasteiger partial charge in [-0.15, -0.1) is 0 Å². The lowest BCUT2D eigenvalue weighted by Gasteiger charge is -2.14. The molecule has 0 spiro atoms. The summed E-state index contributed by atoms with van der Waals surface area (Å²) >= 11 is 0. The lowest BCUT2D eigenvalue weighted by atomic mass is 10.2. The molecule has 162 valence electrons. The molecule has 0 bridgehead atoms. The van der Waals surface area contributed by atoms with Crippen LogP contribution in [-0.4, -0.2) is 33.0 Å². The Morgan fingerprint density at radius 3 is 2.35 bits per heavy atom. The number of sulfonamides is 1. The standard InChI is InChI=1S/C22H23N3O5S/c1-4-30-19-10-7-17(8-11-19)25-31(27,28)21-13-18(9-12-20(21)29-3)24-22(26)16-6-5-15(2)23-14-16/h5-14,25H,4H2,1-3H3,(H,24,26). The van der Waals surface area contributed by atoms with Crippen LogP contribution in [0, 0.1) is 6.92 Å². The van der Waals surface area contributed by atoms with Crippen molar-refractivity contribution in [3.63, 3.8) is 0 Å². The Balaban J connectivity index is 1.84. The number of hydrogen-bond acceptors (Lipinski definition) is 6. The molecule has 31 heavy (non-hydrogen) atoms. The molecule has 3 aromatic rings. The SMILES string of the molecule is CCOc1ccc(NS(=O)(=O)c2cc(NC(=O)c3ccc(C)nc3)ccc2OC)cc1. The number of carbonyl (C=O) groups excluding carboxylic acids is 1. The van der Waals surface area contributed by atoms with Gasteiger partial charge in [0.05, 0.1) is 19.3 Å². The van der Waals surface area contributed by atoms with Crippen molar-refractivity contribution < 1.29 is 22.7 Å². The van der Waals surface area contributed by atoms with Crippen molar-refractivity contribution in [1.82, 2.24) is 4.98 Å². The third-order valence-electron chi connectivity index (χ3n) is 4.30. The normalized spacial score (nSPS) is 10.9. The second-order valence-corrected chi connectivity index (χ2v) is 8.22. The van der Waals surface area contributed by atoms with Crippen LogP contribution in [0.2, 0.25) is 0 Å². The van der Waals surface area contributed by atoms with E-state index in [4.69, 9.17) is 9.47 Å². The highest BCUT2D eigenvalue weighted by molar-refractivity contribution is 7.92. The number of aromatic nitrogens is 1. The number of ether oxygens (including phenoxy) is 2. The van der Waals surface area contributed by atoms with Crippen molar-refractivity contribution in [3.8, 4) is 11.5 Å². The predicted molar refractivity (Wildman–Crippen MR) is 118 cm³/mol. The van der Waals surface area contributed by atoms with Gasteiger partial charge in [-0.05, 0) is 68.4 Å². The Kier molecular flexibility index (Phi) is 6.76. The van der Waals surface area contributed by atoms with Gasteiger partial charge in [0.25, 0.3) is 15.9 Å². The zero-order valence-corrected chi connectivity index (χ0v) is 18.2. The number of rotatable bonds is 8. The number of anilines is 2. The molecule has 3 rings (SSSR count). The summed E-state index contributed by atoms with van der Waals surface area (Å²) < 4.78 is 39.1. The summed E-state index contributed by atoms with van der Waals surface area (Å²) in [7, 11) is -2.61. The van der Waals surface area contributed by atoms with E-state index >= 15 is 0 Å². The predicted octanol–water partition coefficient (Wildman–Crippen LogP) is 3.85. The first-order valence-corrected chi connectivity index (χ1v) is 11.0. The van der Waals surface area contributed by atoms with E-state index in [0.717, 1.165) is 5.69 Å². The van der Waals surface area contributed by atoms with E-state index in [0.29, 0.717) is 29.3 Å². The van der Waals surface area contributed by atoms with E-state index < -0.39 is 15.9 Å². The number of aryl methyl sites for hydroxylation is 1. The number of carbonyl (C=O) groups is 1. The minimum Gasteiger partial charge on any atom is -0.495 e. The molecular weight excluding hydrogens is 418 g/mol. The Hall–Kier alpha value is -3.59. The zero-order chi connectivity index (χ0) is 22.4. The fourth-order valence-corrected chi connectivity index (χ4v) is 4.02. The number of hydrogen-bond donors (Lipinski definition) is 2. The average Bonchev–Trinajstić information content (AvgIpc) is 2.75.